The van der Waals surface area contributed by atoms with Crippen molar-refractivity contribution in [1.82, 2.24) is 15.0 Å². The maximum atomic E-state index is 11.2. The molecular weight excluding hydrogens is 216 g/mol. The fraction of sp³-hybridized carbons (Fsp3) is 0.750. The van der Waals surface area contributed by atoms with Crippen LogP contribution in [0.4, 0.5) is 5.82 Å². The summed E-state index contributed by atoms with van der Waals surface area (Å²) in [5.74, 6) is 1.36. The summed E-state index contributed by atoms with van der Waals surface area (Å²) in [7, 11) is -2.77. The van der Waals surface area contributed by atoms with Crippen molar-refractivity contribution in [3.8, 4) is 0 Å². The third-order valence-electron chi connectivity index (χ3n) is 2.68. The number of nitrogens with two attached hydrogens (primary N) is 1. The molecule has 0 aromatic carbocycles. The smallest absolute Gasteiger partial charge is 0.165 e. The maximum absolute atomic E-state index is 11.2. The van der Waals surface area contributed by atoms with Crippen LogP contribution in [0.2, 0.25) is 0 Å². The van der Waals surface area contributed by atoms with Crippen molar-refractivity contribution in [2.45, 2.75) is 19.4 Å². The van der Waals surface area contributed by atoms with Gasteiger partial charge < -0.3 is 5.73 Å². The Morgan fingerprint density at radius 1 is 1.47 bits per heavy atom. The van der Waals surface area contributed by atoms with Crippen LogP contribution >= 0.6 is 0 Å². The average molecular weight is 230 g/mol. The summed E-state index contributed by atoms with van der Waals surface area (Å²) in [5.41, 5.74) is 5.44. The van der Waals surface area contributed by atoms with Gasteiger partial charge in [0.2, 0.25) is 0 Å². The normalized spacial score (nSPS) is 21.6. The summed E-state index contributed by atoms with van der Waals surface area (Å²) in [4.78, 5) is 0. The van der Waals surface area contributed by atoms with Gasteiger partial charge in [-0.05, 0) is 18.8 Å². The number of hydrogen-bond donors (Lipinski definition) is 1. The molecule has 1 saturated heterocycles. The van der Waals surface area contributed by atoms with Gasteiger partial charge in [0.25, 0.3) is 0 Å². The van der Waals surface area contributed by atoms with E-state index in [2.05, 4.69) is 10.3 Å². The third kappa shape index (κ3) is 2.68. The lowest BCUT2D eigenvalue weighted by Crippen LogP contribution is -2.26. The van der Waals surface area contributed by atoms with Crippen LogP contribution in [0.15, 0.2) is 6.20 Å². The Morgan fingerprint density at radius 2 is 2.13 bits per heavy atom. The van der Waals surface area contributed by atoms with Crippen molar-refractivity contribution in [3.63, 3.8) is 0 Å². The predicted octanol–water partition coefficient (Wildman–Crippen LogP) is -0.315. The molecule has 1 aromatic heterocycles. The molecule has 7 heteroatoms. The van der Waals surface area contributed by atoms with Gasteiger partial charge >= 0.3 is 0 Å². The molecule has 1 fully saturated rings. The highest BCUT2D eigenvalue weighted by atomic mass is 32.2. The Labute approximate surface area is 88.4 Å². The first-order valence-corrected chi connectivity index (χ1v) is 6.73. The number of rotatable bonds is 2. The highest BCUT2D eigenvalue weighted by Crippen LogP contribution is 2.20. The van der Waals surface area contributed by atoms with Crippen LogP contribution in [-0.4, -0.2) is 34.9 Å². The van der Waals surface area contributed by atoms with Crippen LogP contribution in [0.1, 0.15) is 12.8 Å². The fourth-order valence-electron chi connectivity index (χ4n) is 1.79. The summed E-state index contributed by atoms with van der Waals surface area (Å²) >= 11 is 0. The standard InChI is InChI=1S/C8H14N4O2S/c9-8-6-12(11-10-8)5-7-1-3-15(13,14)4-2-7/h6-7H,1-5,9H2. The van der Waals surface area contributed by atoms with E-state index in [1.807, 2.05) is 0 Å². The van der Waals surface area contributed by atoms with Crippen molar-refractivity contribution >= 4 is 15.7 Å². The van der Waals surface area contributed by atoms with E-state index in [1.54, 1.807) is 10.9 Å². The maximum Gasteiger partial charge on any atom is 0.165 e. The lowest BCUT2D eigenvalue weighted by Gasteiger charge is -2.21. The second-order valence-corrected chi connectivity index (χ2v) is 6.26. The van der Waals surface area contributed by atoms with Gasteiger partial charge in [-0.25, -0.2) is 8.42 Å². The summed E-state index contributed by atoms with van der Waals surface area (Å²) in [6.45, 7) is 0.708. The zero-order chi connectivity index (χ0) is 10.9. The number of aromatic nitrogens is 3. The SMILES string of the molecule is Nc1cn(CC2CCS(=O)(=O)CC2)nn1. The van der Waals surface area contributed by atoms with Gasteiger partial charge in [-0.15, -0.1) is 5.10 Å². The van der Waals surface area contributed by atoms with E-state index in [1.165, 1.54) is 0 Å². The van der Waals surface area contributed by atoms with Crippen LogP contribution < -0.4 is 5.73 Å². The van der Waals surface area contributed by atoms with Crippen molar-refractivity contribution in [2.24, 2.45) is 5.92 Å². The van der Waals surface area contributed by atoms with E-state index >= 15 is 0 Å². The Kier molecular flexibility index (Phi) is 2.64. The first-order valence-electron chi connectivity index (χ1n) is 4.91. The molecule has 0 amide bonds. The second-order valence-electron chi connectivity index (χ2n) is 3.96. The van der Waals surface area contributed by atoms with E-state index in [0.717, 1.165) is 0 Å². The second kappa shape index (κ2) is 3.80. The molecule has 0 saturated carbocycles. The Bertz CT molecular complexity index is 425. The summed E-state index contributed by atoms with van der Waals surface area (Å²) in [6, 6.07) is 0. The van der Waals surface area contributed by atoms with Gasteiger partial charge in [0.15, 0.2) is 5.82 Å². The van der Waals surface area contributed by atoms with Gasteiger partial charge in [0.1, 0.15) is 9.84 Å². The molecule has 6 nitrogen and oxygen atoms in total. The molecule has 0 radical (unpaired) electrons. The van der Waals surface area contributed by atoms with Gasteiger partial charge in [-0.3, -0.25) is 4.68 Å². The molecule has 2 heterocycles. The van der Waals surface area contributed by atoms with E-state index in [4.69, 9.17) is 5.73 Å². The van der Waals surface area contributed by atoms with Gasteiger partial charge in [0.05, 0.1) is 17.7 Å². The molecule has 2 N–H and O–H groups in total. The molecule has 15 heavy (non-hydrogen) atoms. The van der Waals surface area contributed by atoms with Crippen molar-refractivity contribution in [2.75, 3.05) is 17.2 Å². The molecule has 0 spiro atoms. The van der Waals surface area contributed by atoms with E-state index in [0.29, 0.717) is 42.6 Å². The van der Waals surface area contributed by atoms with Gasteiger partial charge in [0, 0.05) is 6.54 Å². The minimum atomic E-state index is -2.77. The first-order chi connectivity index (χ1) is 7.05. The number of hydrogen-bond acceptors (Lipinski definition) is 5. The molecule has 0 atom stereocenters. The van der Waals surface area contributed by atoms with Crippen molar-refractivity contribution < 1.29 is 8.42 Å². The number of nitrogen functional groups attached to an aromatic ring is 1. The summed E-state index contributed by atoms with van der Waals surface area (Å²) in [6.07, 6.45) is 3.09. The van der Waals surface area contributed by atoms with E-state index < -0.39 is 9.84 Å². The quantitative estimate of drug-likeness (QED) is 0.752. The monoisotopic (exact) mass is 230 g/mol. The molecule has 84 valence electrons. The van der Waals surface area contributed by atoms with E-state index in [-0.39, 0.29) is 0 Å². The van der Waals surface area contributed by atoms with Crippen LogP contribution in [0.5, 0.6) is 0 Å². The molecule has 1 aromatic rings. The van der Waals surface area contributed by atoms with Crippen LogP contribution in [0, 0.1) is 5.92 Å². The molecule has 0 unspecified atom stereocenters. The molecule has 0 bridgehead atoms. The highest BCUT2D eigenvalue weighted by Gasteiger charge is 2.23. The zero-order valence-corrected chi connectivity index (χ0v) is 9.15. The lowest BCUT2D eigenvalue weighted by molar-refractivity contribution is 0.379. The molecule has 1 aliphatic rings. The Hall–Kier alpha value is -1.11. The molecule has 1 aliphatic heterocycles. The van der Waals surface area contributed by atoms with Crippen LogP contribution in [-0.2, 0) is 16.4 Å². The lowest BCUT2D eigenvalue weighted by atomic mass is 10.0. The number of anilines is 1. The minimum Gasteiger partial charge on any atom is -0.381 e. The van der Waals surface area contributed by atoms with Gasteiger partial charge in [-0.1, -0.05) is 5.21 Å². The first kappa shape index (κ1) is 10.4. The minimum absolute atomic E-state index is 0.293. The predicted molar refractivity (Wildman–Crippen MR) is 55.8 cm³/mol. The van der Waals surface area contributed by atoms with Crippen molar-refractivity contribution in [3.05, 3.63) is 6.20 Å². The van der Waals surface area contributed by atoms with E-state index in [9.17, 15) is 8.42 Å². The number of nitrogens with zero attached hydrogens (tertiary/aromatic N) is 3. The Balaban J connectivity index is 1.92. The molecule has 0 aliphatic carbocycles. The largest absolute Gasteiger partial charge is 0.381 e. The molecule has 2 rings (SSSR count). The van der Waals surface area contributed by atoms with Gasteiger partial charge in [-0.2, -0.15) is 0 Å². The fourth-order valence-corrected chi connectivity index (χ4v) is 3.38. The van der Waals surface area contributed by atoms with Crippen LogP contribution in [0.3, 0.4) is 0 Å². The molecular formula is C8H14N4O2S. The summed E-state index contributed by atoms with van der Waals surface area (Å²) < 4.78 is 24.1. The average Bonchev–Trinajstić information content (AvgIpc) is 2.55. The highest BCUT2D eigenvalue weighted by molar-refractivity contribution is 7.91. The Morgan fingerprint density at radius 3 is 2.67 bits per heavy atom. The third-order valence-corrected chi connectivity index (χ3v) is 4.39. The topological polar surface area (TPSA) is 90.9 Å². The summed E-state index contributed by atoms with van der Waals surface area (Å²) in [5, 5.41) is 7.52. The van der Waals surface area contributed by atoms with Crippen LogP contribution in [0.25, 0.3) is 0 Å². The van der Waals surface area contributed by atoms with Crippen molar-refractivity contribution in [1.29, 1.82) is 0 Å². The zero-order valence-electron chi connectivity index (χ0n) is 8.33. The number of sulfone groups is 1.